The number of rotatable bonds is 10. The summed E-state index contributed by atoms with van der Waals surface area (Å²) in [4.78, 5) is 56.7. The molecule has 3 heterocycles. The van der Waals surface area contributed by atoms with Crippen molar-refractivity contribution in [2.45, 2.75) is 84.0 Å². The van der Waals surface area contributed by atoms with Crippen molar-refractivity contribution >= 4 is 23.8 Å². The minimum absolute atomic E-state index is 0.0515. The third-order valence-electron chi connectivity index (χ3n) is 10.4. The lowest BCUT2D eigenvalue weighted by Crippen LogP contribution is -2.61. The van der Waals surface area contributed by atoms with Gasteiger partial charge in [-0.15, -0.1) is 0 Å². The van der Waals surface area contributed by atoms with E-state index in [0.29, 0.717) is 39.1 Å². The van der Waals surface area contributed by atoms with Crippen LogP contribution in [0.1, 0.15) is 60.3 Å². The molecule has 0 radical (unpaired) electrons. The summed E-state index contributed by atoms with van der Waals surface area (Å²) in [6.07, 6.45) is 2.84. The van der Waals surface area contributed by atoms with E-state index in [0.717, 1.165) is 12.8 Å². The molecule has 4 N–H and O–H groups in total. The van der Waals surface area contributed by atoms with Gasteiger partial charge in [0.1, 0.15) is 18.1 Å². The van der Waals surface area contributed by atoms with Gasteiger partial charge in [-0.05, 0) is 48.3 Å². The topological polar surface area (TPSA) is 147 Å². The fourth-order valence-corrected chi connectivity index (χ4v) is 7.43. The van der Waals surface area contributed by atoms with Crippen LogP contribution in [0.4, 0.5) is 9.18 Å². The average molecular weight is 588 g/mol. The van der Waals surface area contributed by atoms with Gasteiger partial charge in [0, 0.05) is 50.1 Å². The van der Waals surface area contributed by atoms with Crippen LogP contribution in [0, 0.1) is 45.8 Å². The number of carbonyl (C=O) groups excluding carboxylic acids is 4. The highest BCUT2D eigenvalue weighted by Crippen LogP contribution is 2.65. The molecule has 5 rings (SSSR count). The van der Waals surface area contributed by atoms with Gasteiger partial charge in [-0.3, -0.25) is 18.8 Å². The normalized spacial score (nSPS) is 30.4. The lowest BCUT2D eigenvalue weighted by Gasteiger charge is -2.38. The Kier molecular flexibility index (Phi) is 7.96. The molecule has 232 valence electrons. The number of nitriles is 1. The smallest absolute Gasteiger partial charge is 0.315 e. The van der Waals surface area contributed by atoms with E-state index in [4.69, 9.17) is 0 Å². The number of fused-ring (bicyclic) bond motifs is 1. The Morgan fingerprint density at radius 1 is 1.17 bits per heavy atom. The standard InChI is InChI=1S/C30H46FN7O4/c1-28(2,3)23(35-27(42)33-8-9-37-14-17(12-31)15-37)26(41)38-16-20-21(29(20,4)5)22(38)25(40)34-19(13-32)10-18-11-30(6-7-30)36-24(18)39/h17-23H,6-12,14-16H2,1-5H3,(H,34,40)(H,36,39)(H2,33,35,42). The first-order valence-electron chi connectivity index (χ1n) is 15.3. The van der Waals surface area contributed by atoms with Crippen LogP contribution < -0.4 is 21.3 Å². The van der Waals surface area contributed by atoms with Gasteiger partial charge in [-0.2, -0.15) is 5.26 Å². The second kappa shape index (κ2) is 11.0. The van der Waals surface area contributed by atoms with Crippen molar-refractivity contribution < 1.29 is 23.6 Å². The molecule has 2 saturated carbocycles. The Hall–Kier alpha value is -2.94. The summed E-state index contributed by atoms with van der Waals surface area (Å²) in [6, 6.07) is -0.787. The molecule has 0 aromatic carbocycles. The first-order chi connectivity index (χ1) is 19.7. The SMILES string of the molecule is CC(C)(C)C(NC(=O)NCCN1CC(CF)C1)C(=O)N1CC2C(C1C(=O)NC(C#N)CC1CC3(CC3)NC1=O)C2(C)C. The molecule has 11 nitrogen and oxygen atoms in total. The number of nitrogens with one attached hydrogen (secondary N) is 4. The Morgan fingerprint density at radius 2 is 1.86 bits per heavy atom. The van der Waals surface area contributed by atoms with Crippen LogP contribution in [0.25, 0.3) is 0 Å². The quantitative estimate of drug-likeness (QED) is 0.302. The van der Waals surface area contributed by atoms with Crippen molar-refractivity contribution in [1.29, 1.82) is 5.26 Å². The first kappa shape index (κ1) is 30.5. The molecule has 42 heavy (non-hydrogen) atoms. The zero-order chi connectivity index (χ0) is 30.6. The molecule has 5 amide bonds. The zero-order valence-electron chi connectivity index (χ0n) is 25.5. The Bertz CT molecular complexity index is 1150. The van der Waals surface area contributed by atoms with E-state index in [9.17, 15) is 28.8 Å². The van der Waals surface area contributed by atoms with Crippen LogP contribution in [-0.2, 0) is 14.4 Å². The minimum atomic E-state index is -0.878. The number of piperidine rings is 1. The molecule has 5 aliphatic rings. The van der Waals surface area contributed by atoms with Crippen LogP contribution >= 0.6 is 0 Å². The third kappa shape index (κ3) is 5.94. The molecule has 0 aromatic heterocycles. The van der Waals surface area contributed by atoms with Gasteiger partial charge < -0.3 is 31.1 Å². The highest BCUT2D eigenvalue weighted by Gasteiger charge is 2.70. The molecule has 6 atom stereocenters. The largest absolute Gasteiger partial charge is 0.350 e. The molecule has 12 heteroatoms. The maximum absolute atomic E-state index is 14.0. The van der Waals surface area contributed by atoms with Crippen molar-refractivity contribution in [3.8, 4) is 6.07 Å². The Balaban J connectivity index is 1.21. The van der Waals surface area contributed by atoms with E-state index < -0.39 is 29.6 Å². The highest BCUT2D eigenvalue weighted by molar-refractivity contribution is 5.94. The molecule has 0 aromatic rings. The molecule has 1 spiro atoms. The van der Waals surface area contributed by atoms with E-state index in [-0.39, 0.29) is 65.4 Å². The summed E-state index contributed by atoms with van der Waals surface area (Å²) < 4.78 is 12.7. The van der Waals surface area contributed by atoms with Gasteiger partial charge in [-0.25, -0.2) is 4.79 Å². The van der Waals surface area contributed by atoms with Crippen LogP contribution in [0.15, 0.2) is 0 Å². The number of amides is 5. The molecule has 3 saturated heterocycles. The molecule has 6 unspecified atom stereocenters. The van der Waals surface area contributed by atoms with E-state index in [2.05, 4.69) is 46.1 Å². The van der Waals surface area contributed by atoms with Crippen LogP contribution in [0.2, 0.25) is 0 Å². The fourth-order valence-electron chi connectivity index (χ4n) is 7.43. The maximum atomic E-state index is 14.0. The number of carbonyl (C=O) groups is 4. The van der Waals surface area contributed by atoms with Gasteiger partial charge in [-0.1, -0.05) is 34.6 Å². The van der Waals surface area contributed by atoms with Crippen LogP contribution in [0.5, 0.6) is 0 Å². The predicted molar refractivity (Wildman–Crippen MR) is 152 cm³/mol. The number of likely N-dealkylation sites (tertiary alicyclic amines) is 2. The van der Waals surface area contributed by atoms with Crippen molar-refractivity contribution in [1.82, 2.24) is 31.1 Å². The van der Waals surface area contributed by atoms with Crippen molar-refractivity contribution in [3.05, 3.63) is 0 Å². The number of halogens is 1. The molecular formula is C30H46FN7O4. The van der Waals surface area contributed by atoms with Gasteiger partial charge >= 0.3 is 6.03 Å². The highest BCUT2D eigenvalue weighted by atomic mass is 19.1. The number of alkyl halides is 1. The molecule has 3 aliphatic heterocycles. The fraction of sp³-hybridized carbons (Fsp3) is 0.833. The summed E-state index contributed by atoms with van der Waals surface area (Å²) in [5.41, 5.74) is -0.863. The predicted octanol–water partition coefficient (Wildman–Crippen LogP) is 1.15. The van der Waals surface area contributed by atoms with E-state index in [1.54, 1.807) is 4.90 Å². The lowest BCUT2D eigenvalue weighted by atomic mass is 9.85. The van der Waals surface area contributed by atoms with Gasteiger partial charge in [0.05, 0.1) is 12.7 Å². The zero-order valence-corrected chi connectivity index (χ0v) is 25.5. The summed E-state index contributed by atoms with van der Waals surface area (Å²) >= 11 is 0. The number of urea groups is 1. The number of hydrogen-bond donors (Lipinski definition) is 4. The maximum Gasteiger partial charge on any atom is 0.315 e. The Labute approximate surface area is 247 Å². The summed E-state index contributed by atoms with van der Waals surface area (Å²) in [6.45, 7) is 12.2. The van der Waals surface area contributed by atoms with Crippen molar-refractivity contribution in [2.75, 3.05) is 39.4 Å². The molecule has 0 bridgehead atoms. The van der Waals surface area contributed by atoms with E-state index >= 15 is 0 Å². The third-order valence-corrected chi connectivity index (χ3v) is 10.4. The van der Waals surface area contributed by atoms with E-state index in [1.165, 1.54) is 0 Å². The van der Waals surface area contributed by atoms with E-state index in [1.807, 2.05) is 20.8 Å². The summed E-state index contributed by atoms with van der Waals surface area (Å²) in [7, 11) is 0. The van der Waals surface area contributed by atoms with Crippen molar-refractivity contribution in [2.24, 2.45) is 34.5 Å². The van der Waals surface area contributed by atoms with Gasteiger partial charge in [0.2, 0.25) is 17.7 Å². The first-order valence-corrected chi connectivity index (χ1v) is 15.3. The van der Waals surface area contributed by atoms with Gasteiger partial charge in [0.25, 0.3) is 0 Å². The second-order valence-corrected chi connectivity index (χ2v) is 15.0. The van der Waals surface area contributed by atoms with Crippen LogP contribution in [0.3, 0.4) is 0 Å². The molecular weight excluding hydrogens is 541 g/mol. The summed E-state index contributed by atoms with van der Waals surface area (Å²) in [5, 5.41) is 21.4. The van der Waals surface area contributed by atoms with Gasteiger partial charge in [0.15, 0.2) is 0 Å². The number of hydrogen-bond acceptors (Lipinski definition) is 6. The molecule has 2 aliphatic carbocycles. The average Bonchev–Trinajstić information content (AvgIpc) is 3.61. The monoisotopic (exact) mass is 587 g/mol. The molecule has 5 fully saturated rings. The second-order valence-electron chi connectivity index (χ2n) is 15.0. The summed E-state index contributed by atoms with van der Waals surface area (Å²) in [5.74, 6) is -0.919. The van der Waals surface area contributed by atoms with Crippen LogP contribution in [-0.4, -0.2) is 96.6 Å². The minimum Gasteiger partial charge on any atom is -0.350 e. The Morgan fingerprint density at radius 3 is 2.43 bits per heavy atom. The van der Waals surface area contributed by atoms with Crippen molar-refractivity contribution in [3.63, 3.8) is 0 Å². The lowest BCUT2D eigenvalue weighted by molar-refractivity contribution is -0.143. The number of nitrogens with zero attached hydrogens (tertiary/aromatic N) is 3.